The number of nitrogens with one attached hydrogen (secondary N) is 1. The Morgan fingerprint density at radius 2 is 1.53 bits per heavy atom. The zero-order chi connectivity index (χ0) is 13.7. The third kappa shape index (κ3) is 3.93. The summed E-state index contributed by atoms with van der Waals surface area (Å²) in [5, 5.41) is 3.55. The molecule has 0 radical (unpaired) electrons. The first-order valence-corrected chi connectivity index (χ1v) is 6.98. The number of hydrogen-bond acceptors (Lipinski definition) is 1. The van der Waals surface area contributed by atoms with Gasteiger partial charge in [-0.1, -0.05) is 48.0 Å². The fraction of sp³-hybridized carbons (Fsp3) is 0.333. The van der Waals surface area contributed by atoms with Crippen LogP contribution < -0.4 is 5.32 Å². The molecular weight excluding hydrogens is 230 g/mol. The van der Waals surface area contributed by atoms with E-state index in [9.17, 15) is 0 Å². The molecule has 0 amide bonds. The third-order valence-electron chi connectivity index (χ3n) is 3.58. The molecular formula is C18H23N. The summed E-state index contributed by atoms with van der Waals surface area (Å²) < 4.78 is 0. The van der Waals surface area contributed by atoms with Crippen LogP contribution >= 0.6 is 0 Å². The average Bonchev–Trinajstić information content (AvgIpc) is 2.38. The molecule has 0 aromatic heterocycles. The maximum Gasteiger partial charge on any atom is 0.0210 e. The second-order valence-corrected chi connectivity index (χ2v) is 5.29. The molecule has 100 valence electrons. The molecule has 2 aromatic carbocycles. The maximum absolute atomic E-state index is 3.55. The van der Waals surface area contributed by atoms with E-state index in [4.69, 9.17) is 0 Å². The Balaban J connectivity index is 1.86. The summed E-state index contributed by atoms with van der Waals surface area (Å²) >= 11 is 0. The quantitative estimate of drug-likeness (QED) is 0.796. The average molecular weight is 253 g/mol. The predicted octanol–water partition coefficient (Wildman–Crippen LogP) is 3.94. The van der Waals surface area contributed by atoms with Gasteiger partial charge in [0, 0.05) is 6.54 Å². The Labute approximate surface area is 116 Å². The lowest BCUT2D eigenvalue weighted by molar-refractivity contribution is 0.682. The van der Waals surface area contributed by atoms with Crippen LogP contribution in [0.1, 0.15) is 27.8 Å². The van der Waals surface area contributed by atoms with Crippen LogP contribution in [0.3, 0.4) is 0 Å². The molecule has 1 N–H and O–H groups in total. The molecule has 0 fully saturated rings. The molecule has 2 aromatic rings. The summed E-state index contributed by atoms with van der Waals surface area (Å²) in [7, 11) is 0. The molecule has 0 heterocycles. The van der Waals surface area contributed by atoms with Crippen molar-refractivity contribution < 1.29 is 0 Å². The lowest BCUT2D eigenvalue weighted by atomic mass is 10.00. The first kappa shape index (κ1) is 13.8. The molecule has 0 atom stereocenters. The molecule has 0 saturated carbocycles. The molecule has 0 spiro atoms. The van der Waals surface area contributed by atoms with Crippen molar-refractivity contribution in [3.63, 3.8) is 0 Å². The van der Waals surface area contributed by atoms with Crippen LogP contribution in [-0.4, -0.2) is 6.54 Å². The summed E-state index contributed by atoms with van der Waals surface area (Å²) in [4.78, 5) is 0. The molecule has 19 heavy (non-hydrogen) atoms. The van der Waals surface area contributed by atoms with Gasteiger partial charge in [0.05, 0.1) is 0 Å². The first-order valence-electron chi connectivity index (χ1n) is 6.98. The number of aryl methyl sites for hydroxylation is 3. The van der Waals surface area contributed by atoms with Gasteiger partial charge in [0.25, 0.3) is 0 Å². The van der Waals surface area contributed by atoms with Crippen LogP contribution in [-0.2, 0) is 13.0 Å². The van der Waals surface area contributed by atoms with Gasteiger partial charge >= 0.3 is 0 Å². The van der Waals surface area contributed by atoms with E-state index < -0.39 is 0 Å². The minimum absolute atomic E-state index is 0.963. The molecule has 0 bridgehead atoms. The Hall–Kier alpha value is -1.60. The maximum atomic E-state index is 3.55. The van der Waals surface area contributed by atoms with E-state index in [1.54, 1.807) is 0 Å². The SMILES string of the molecule is Cc1cc(C)c(CNCCc2ccccc2)c(C)c1. The minimum Gasteiger partial charge on any atom is -0.312 e. The van der Waals surface area contributed by atoms with Gasteiger partial charge in [-0.3, -0.25) is 0 Å². The normalized spacial score (nSPS) is 10.7. The van der Waals surface area contributed by atoms with Gasteiger partial charge < -0.3 is 5.32 Å². The number of hydrogen-bond donors (Lipinski definition) is 1. The topological polar surface area (TPSA) is 12.0 Å². The first-order chi connectivity index (χ1) is 9.16. The van der Waals surface area contributed by atoms with Crippen molar-refractivity contribution in [1.82, 2.24) is 5.32 Å². The fourth-order valence-electron chi connectivity index (χ4n) is 2.58. The number of rotatable bonds is 5. The van der Waals surface area contributed by atoms with Crippen molar-refractivity contribution in [2.45, 2.75) is 33.7 Å². The molecule has 2 rings (SSSR count). The highest BCUT2D eigenvalue weighted by molar-refractivity contribution is 5.37. The standard InChI is InChI=1S/C18H23N/c1-14-11-15(2)18(16(3)12-14)13-19-10-9-17-7-5-4-6-8-17/h4-8,11-12,19H,9-10,13H2,1-3H3. The zero-order valence-corrected chi connectivity index (χ0v) is 12.2. The van der Waals surface area contributed by atoms with Gasteiger partial charge in [-0.25, -0.2) is 0 Å². The molecule has 1 nitrogen and oxygen atoms in total. The van der Waals surface area contributed by atoms with Crippen molar-refractivity contribution in [1.29, 1.82) is 0 Å². The largest absolute Gasteiger partial charge is 0.312 e. The Kier molecular flexibility index (Phi) is 4.75. The van der Waals surface area contributed by atoms with Crippen LogP contribution in [0.2, 0.25) is 0 Å². The summed E-state index contributed by atoms with van der Waals surface area (Å²) in [5.41, 5.74) is 6.98. The van der Waals surface area contributed by atoms with Gasteiger partial charge in [0.15, 0.2) is 0 Å². The summed E-state index contributed by atoms with van der Waals surface area (Å²) in [5.74, 6) is 0. The number of benzene rings is 2. The van der Waals surface area contributed by atoms with Crippen molar-refractivity contribution in [2.24, 2.45) is 0 Å². The van der Waals surface area contributed by atoms with E-state index in [2.05, 4.69) is 68.6 Å². The monoisotopic (exact) mass is 253 g/mol. The second-order valence-electron chi connectivity index (χ2n) is 5.29. The van der Waals surface area contributed by atoms with Crippen LogP contribution in [0, 0.1) is 20.8 Å². The Morgan fingerprint density at radius 1 is 0.895 bits per heavy atom. The lowest BCUT2D eigenvalue weighted by Gasteiger charge is -2.12. The summed E-state index contributed by atoms with van der Waals surface area (Å²) in [6, 6.07) is 15.2. The molecule has 0 aliphatic carbocycles. The summed E-state index contributed by atoms with van der Waals surface area (Å²) in [6.45, 7) is 8.55. The fourth-order valence-corrected chi connectivity index (χ4v) is 2.58. The minimum atomic E-state index is 0.963. The highest BCUT2D eigenvalue weighted by atomic mass is 14.8. The van der Waals surface area contributed by atoms with E-state index in [1.807, 2.05) is 0 Å². The zero-order valence-electron chi connectivity index (χ0n) is 12.2. The van der Waals surface area contributed by atoms with Crippen LogP contribution in [0.4, 0.5) is 0 Å². The van der Waals surface area contributed by atoms with Gasteiger partial charge in [0.1, 0.15) is 0 Å². The van der Waals surface area contributed by atoms with Gasteiger partial charge in [-0.05, 0) is 56.0 Å². The van der Waals surface area contributed by atoms with Crippen molar-refractivity contribution >= 4 is 0 Å². The third-order valence-corrected chi connectivity index (χ3v) is 3.58. The van der Waals surface area contributed by atoms with Crippen molar-refractivity contribution in [3.05, 3.63) is 70.3 Å². The van der Waals surface area contributed by atoms with E-state index in [0.717, 1.165) is 19.5 Å². The van der Waals surface area contributed by atoms with E-state index in [1.165, 1.54) is 27.8 Å². The van der Waals surface area contributed by atoms with Crippen LogP contribution in [0.15, 0.2) is 42.5 Å². The molecule has 0 aliphatic rings. The lowest BCUT2D eigenvalue weighted by Crippen LogP contribution is -2.18. The highest BCUT2D eigenvalue weighted by Crippen LogP contribution is 2.15. The van der Waals surface area contributed by atoms with E-state index >= 15 is 0 Å². The smallest absolute Gasteiger partial charge is 0.0210 e. The summed E-state index contributed by atoms with van der Waals surface area (Å²) in [6.07, 6.45) is 1.09. The van der Waals surface area contributed by atoms with Gasteiger partial charge in [-0.2, -0.15) is 0 Å². The van der Waals surface area contributed by atoms with Crippen LogP contribution in [0.25, 0.3) is 0 Å². The molecule has 0 aliphatic heterocycles. The molecule has 1 heteroatoms. The Morgan fingerprint density at radius 3 is 2.16 bits per heavy atom. The molecule has 0 saturated heterocycles. The van der Waals surface area contributed by atoms with Crippen molar-refractivity contribution in [2.75, 3.05) is 6.54 Å². The van der Waals surface area contributed by atoms with Crippen molar-refractivity contribution in [3.8, 4) is 0 Å². The van der Waals surface area contributed by atoms with E-state index in [0.29, 0.717) is 0 Å². The van der Waals surface area contributed by atoms with Gasteiger partial charge in [0.2, 0.25) is 0 Å². The predicted molar refractivity (Wildman–Crippen MR) is 82.5 cm³/mol. The highest BCUT2D eigenvalue weighted by Gasteiger charge is 2.03. The Bertz CT molecular complexity index is 506. The van der Waals surface area contributed by atoms with Crippen LogP contribution in [0.5, 0.6) is 0 Å². The van der Waals surface area contributed by atoms with Gasteiger partial charge in [-0.15, -0.1) is 0 Å². The second kappa shape index (κ2) is 6.53. The molecule has 0 unspecified atom stereocenters. The van der Waals surface area contributed by atoms with E-state index in [-0.39, 0.29) is 0 Å².